The molecule has 0 amide bonds. The summed E-state index contributed by atoms with van der Waals surface area (Å²) in [7, 11) is 0. The van der Waals surface area contributed by atoms with Gasteiger partial charge in [0.15, 0.2) is 24.7 Å². The van der Waals surface area contributed by atoms with Crippen LogP contribution >= 0.6 is 0 Å². The largest absolute Gasteiger partial charge is 0.394 e. The molecule has 62 heavy (non-hydrogen) atoms. The van der Waals surface area contributed by atoms with Crippen molar-refractivity contribution in [2.24, 2.45) is 46.3 Å². The Labute approximate surface area is 363 Å². The standard InChI is InChI=1S/C45H72O17/c1-18-9-12-45(55-17-18)19(2)30-27(62-45)15-26-24-8-7-22-13-23(14-29(47)44(22,6)25(24)10-11-43(26,30)5)58-42-39(61-41-37(54)35(52)32(49)21(4)57-41)38(33(50)28(16-46)59-42)60-40-36(53)34(51)31(48)20(3)56-40/h7,18-21,23-42,46-54H,8-17H2,1-6H3/t18-,19-,20-,21-,23+,24-,25+,26-,27-,28+,29+,30-,31-,32-,33+,34+,35+,36+,37+,38-,39+,40-,41-,42+,43-,44-,45-/m0/s1. The quantitative estimate of drug-likeness (QED) is 0.155. The van der Waals surface area contributed by atoms with E-state index in [1.165, 1.54) is 13.8 Å². The molecule has 0 aromatic rings. The van der Waals surface area contributed by atoms with Crippen LogP contribution in [0.1, 0.15) is 92.9 Å². The smallest absolute Gasteiger partial charge is 0.187 e. The monoisotopic (exact) mass is 884 g/mol. The number of rotatable bonds is 7. The van der Waals surface area contributed by atoms with Crippen LogP contribution in [0.3, 0.4) is 0 Å². The second-order valence-electron chi connectivity index (χ2n) is 21.1. The number of aliphatic hydroxyl groups is 9. The molecule has 17 heteroatoms. The highest BCUT2D eigenvalue weighted by molar-refractivity contribution is 5.28. The van der Waals surface area contributed by atoms with Crippen LogP contribution in [0.4, 0.5) is 0 Å². The zero-order valence-electron chi connectivity index (χ0n) is 36.8. The number of allylic oxidation sites excluding steroid dienone is 1. The van der Waals surface area contributed by atoms with Gasteiger partial charge in [-0.2, -0.15) is 0 Å². The first-order chi connectivity index (χ1) is 29.3. The summed E-state index contributed by atoms with van der Waals surface area (Å²) in [5.74, 6) is 1.84. The average molecular weight is 885 g/mol. The zero-order chi connectivity index (χ0) is 44.4. The van der Waals surface area contributed by atoms with E-state index in [2.05, 4.69) is 33.8 Å². The minimum absolute atomic E-state index is 0.101. The molecule has 354 valence electrons. The topological polar surface area (TPSA) is 256 Å². The first-order valence-corrected chi connectivity index (χ1v) is 23.3. The highest BCUT2D eigenvalue weighted by Crippen LogP contribution is 2.70. The summed E-state index contributed by atoms with van der Waals surface area (Å²) in [6, 6.07) is 0. The first kappa shape index (κ1) is 46.2. The number of fused-ring (bicyclic) bond motifs is 7. The molecule has 0 aromatic carbocycles. The van der Waals surface area contributed by atoms with Gasteiger partial charge in [0.1, 0.15) is 61.0 Å². The molecule has 0 unspecified atom stereocenters. The van der Waals surface area contributed by atoms with Crippen LogP contribution in [0.5, 0.6) is 0 Å². The SMILES string of the molecule is C[C@H]1CC[C@]2(OC1)O[C@H]1C[C@H]3[C@H]4CC=C5C[C@@H](O[C@@H]6O[C@H](CO)[C@@H](O)[C@H](O[C@@H]7O[C@@H](C)[C@H](O)[C@@H](O)[C@H]7O)[C@H]6O[C@@H]6O[C@@H](C)[C@H](O)[C@@H](O)[C@H]6O)C[C@@H](O)[C@]5(C)[C@@H]4CC[C@]3(C)[C@H]1[C@@H]2C. The molecule has 3 saturated carbocycles. The Morgan fingerprint density at radius 1 is 0.694 bits per heavy atom. The van der Waals surface area contributed by atoms with Gasteiger partial charge in [0.25, 0.3) is 0 Å². The highest BCUT2D eigenvalue weighted by Gasteiger charge is 2.69. The minimum atomic E-state index is -1.77. The lowest BCUT2D eigenvalue weighted by atomic mass is 9.46. The molecule has 0 radical (unpaired) electrons. The van der Waals surface area contributed by atoms with Crippen molar-refractivity contribution in [1.82, 2.24) is 0 Å². The minimum Gasteiger partial charge on any atom is -0.394 e. The molecule has 0 bridgehead atoms. The van der Waals surface area contributed by atoms with E-state index in [1.807, 2.05) is 0 Å². The summed E-state index contributed by atoms with van der Waals surface area (Å²) in [6.07, 6.45) is -14.8. The molecular formula is C45H72O17. The lowest BCUT2D eigenvalue weighted by molar-refractivity contribution is -0.393. The number of aliphatic hydroxyl groups excluding tert-OH is 9. The van der Waals surface area contributed by atoms with Crippen LogP contribution in [0.25, 0.3) is 0 Å². The maximum atomic E-state index is 12.3. The molecular weight excluding hydrogens is 812 g/mol. The van der Waals surface area contributed by atoms with Gasteiger partial charge in [-0.15, -0.1) is 0 Å². The first-order valence-electron chi connectivity index (χ1n) is 23.3. The van der Waals surface area contributed by atoms with Crippen molar-refractivity contribution in [1.29, 1.82) is 0 Å². The fraction of sp³-hybridized carbons (Fsp3) is 0.956. The summed E-state index contributed by atoms with van der Waals surface area (Å²) in [6.45, 7) is 12.3. The molecule has 1 spiro atoms. The molecule has 9 aliphatic rings. The Balaban J connectivity index is 0.954. The Hall–Kier alpha value is -0.940. The van der Waals surface area contributed by atoms with Crippen molar-refractivity contribution in [3.63, 3.8) is 0 Å². The van der Waals surface area contributed by atoms with Crippen molar-refractivity contribution in [2.75, 3.05) is 13.2 Å². The highest BCUT2D eigenvalue weighted by atomic mass is 16.8. The van der Waals surface area contributed by atoms with Crippen molar-refractivity contribution < 1.29 is 83.9 Å². The van der Waals surface area contributed by atoms with E-state index in [0.29, 0.717) is 36.0 Å². The molecule has 9 N–H and O–H groups in total. The second-order valence-corrected chi connectivity index (χ2v) is 21.1. The van der Waals surface area contributed by atoms with Crippen LogP contribution < -0.4 is 0 Å². The van der Waals surface area contributed by atoms with Crippen LogP contribution in [0.15, 0.2) is 11.6 Å². The molecule has 9 rings (SSSR count). The molecule has 0 aromatic heterocycles. The Kier molecular flexibility index (Phi) is 12.7. The van der Waals surface area contributed by atoms with E-state index in [0.717, 1.165) is 50.7 Å². The summed E-state index contributed by atoms with van der Waals surface area (Å²) in [5.41, 5.74) is 0.680. The number of ether oxygens (including phenoxy) is 8. The van der Waals surface area contributed by atoms with Crippen LogP contribution in [-0.4, -0.2) is 175 Å². The second kappa shape index (κ2) is 17.0. The van der Waals surface area contributed by atoms with Gasteiger partial charge in [0.2, 0.25) is 0 Å². The van der Waals surface area contributed by atoms with E-state index in [9.17, 15) is 46.0 Å². The van der Waals surface area contributed by atoms with Crippen LogP contribution in [0, 0.1) is 46.3 Å². The maximum Gasteiger partial charge on any atom is 0.187 e. The van der Waals surface area contributed by atoms with Crippen molar-refractivity contribution in [3.8, 4) is 0 Å². The summed E-state index contributed by atoms with van der Waals surface area (Å²) in [5, 5.41) is 98.2. The number of hydrogen-bond donors (Lipinski definition) is 9. The number of hydrogen-bond acceptors (Lipinski definition) is 17. The summed E-state index contributed by atoms with van der Waals surface area (Å²) < 4.78 is 50.2. The van der Waals surface area contributed by atoms with E-state index in [1.54, 1.807) is 0 Å². The van der Waals surface area contributed by atoms with Crippen molar-refractivity contribution >= 4 is 0 Å². The van der Waals surface area contributed by atoms with E-state index < -0.39 is 122 Å². The lowest BCUT2D eigenvalue weighted by Crippen LogP contribution is -2.67. The molecule has 5 heterocycles. The van der Waals surface area contributed by atoms with Gasteiger partial charge in [-0.25, -0.2) is 0 Å². The average Bonchev–Trinajstić information content (AvgIpc) is 3.69. The molecule has 27 atom stereocenters. The molecule has 4 aliphatic carbocycles. The van der Waals surface area contributed by atoms with Crippen molar-refractivity contribution in [2.45, 2.75) is 209 Å². The zero-order valence-corrected chi connectivity index (χ0v) is 36.8. The molecule has 5 aliphatic heterocycles. The Morgan fingerprint density at radius 2 is 1.34 bits per heavy atom. The maximum absolute atomic E-state index is 12.3. The van der Waals surface area contributed by atoms with Crippen LogP contribution in [0.2, 0.25) is 0 Å². The van der Waals surface area contributed by atoms with Gasteiger partial charge < -0.3 is 83.9 Å². The molecule has 8 fully saturated rings. The third kappa shape index (κ3) is 7.31. The Bertz CT molecular complexity index is 1630. The third-order valence-electron chi connectivity index (χ3n) is 17.8. The van der Waals surface area contributed by atoms with Crippen molar-refractivity contribution in [3.05, 3.63) is 11.6 Å². The predicted molar refractivity (Wildman–Crippen MR) is 214 cm³/mol. The van der Waals surface area contributed by atoms with Gasteiger partial charge in [0, 0.05) is 24.2 Å². The lowest BCUT2D eigenvalue weighted by Gasteiger charge is -2.60. The van der Waals surface area contributed by atoms with Gasteiger partial charge in [-0.3, -0.25) is 0 Å². The molecule has 17 nitrogen and oxygen atoms in total. The van der Waals surface area contributed by atoms with E-state index in [-0.39, 0.29) is 23.9 Å². The van der Waals surface area contributed by atoms with Gasteiger partial charge in [-0.05, 0) is 87.4 Å². The van der Waals surface area contributed by atoms with Crippen LogP contribution in [-0.2, 0) is 37.9 Å². The van der Waals surface area contributed by atoms with E-state index >= 15 is 0 Å². The normalized spacial score (nSPS) is 58.9. The predicted octanol–water partition coefficient (Wildman–Crippen LogP) is 0.213. The van der Waals surface area contributed by atoms with E-state index in [4.69, 9.17) is 37.9 Å². The van der Waals surface area contributed by atoms with Gasteiger partial charge >= 0.3 is 0 Å². The summed E-state index contributed by atoms with van der Waals surface area (Å²) >= 11 is 0. The third-order valence-corrected chi connectivity index (χ3v) is 17.8. The molecule has 5 saturated heterocycles. The fourth-order valence-electron chi connectivity index (χ4n) is 14.0. The fourth-order valence-corrected chi connectivity index (χ4v) is 14.0. The van der Waals surface area contributed by atoms with Gasteiger partial charge in [-0.1, -0.05) is 39.3 Å². The van der Waals surface area contributed by atoms with Gasteiger partial charge in [0.05, 0.1) is 43.7 Å². The summed E-state index contributed by atoms with van der Waals surface area (Å²) in [4.78, 5) is 0. The Morgan fingerprint density at radius 3 is 1.95 bits per heavy atom.